The highest BCUT2D eigenvalue weighted by Crippen LogP contribution is 2.28. The zero-order chi connectivity index (χ0) is 18.6. The lowest BCUT2D eigenvalue weighted by atomic mass is 10.0. The Morgan fingerprint density at radius 2 is 1.76 bits per heavy atom. The highest BCUT2D eigenvalue weighted by Gasteiger charge is 2.48. The van der Waals surface area contributed by atoms with Crippen molar-refractivity contribution in [3.8, 4) is 12.3 Å². The van der Waals surface area contributed by atoms with Gasteiger partial charge < -0.3 is 49.6 Å². The maximum Gasteiger partial charge on any atom is 0.187 e. The van der Waals surface area contributed by atoms with Gasteiger partial charge in [0, 0.05) is 6.42 Å². The minimum Gasteiger partial charge on any atom is -0.394 e. The van der Waals surface area contributed by atoms with Crippen molar-refractivity contribution in [3.63, 3.8) is 0 Å². The Morgan fingerprint density at radius 3 is 2.40 bits per heavy atom. The molecule has 2 rings (SSSR count). The van der Waals surface area contributed by atoms with Crippen molar-refractivity contribution >= 4 is 0 Å². The topological polar surface area (TPSA) is 158 Å². The van der Waals surface area contributed by atoms with Crippen LogP contribution in [-0.4, -0.2) is 106 Å². The van der Waals surface area contributed by atoms with E-state index in [-0.39, 0.29) is 19.6 Å². The van der Waals surface area contributed by atoms with E-state index in [0.717, 1.165) is 0 Å². The largest absolute Gasteiger partial charge is 0.394 e. The van der Waals surface area contributed by atoms with E-state index < -0.39 is 61.9 Å². The minimum absolute atomic E-state index is 0.133. The Balaban J connectivity index is 2.07. The van der Waals surface area contributed by atoms with Crippen LogP contribution in [0.1, 0.15) is 6.42 Å². The smallest absolute Gasteiger partial charge is 0.187 e. The third-order valence-corrected chi connectivity index (χ3v) is 4.08. The van der Waals surface area contributed by atoms with Crippen molar-refractivity contribution in [1.82, 2.24) is 0 Å². The summed E-state index contributed by atoms with van der Waals surface area (Å²) in [4.78, 5) is 0. The van der Waals surface area contributed by atoms with Crippen LogP contribution in [0.3, 0.4) is 0 Å². The summed E-state index contributed by atoms with van der Waals surface area (Å²) in [6.45, 7) is -0.920. The van der Waals surface area contributed by atoms with Crippen molar-refractivity contribution in [2.24, 2.45) is 0 Å². The predicted octanol–water partition coefficient (Wildman–Crippen LogP) is -3.71. The summed E-state index contributed by atoms with van der Waals surface area (Å²) >= 11 is 0. The summed E-state index contributed by atoms with van der Waals surface area (Å²) in [5.41, 5.74) is 0. The number of rotatable bonds is 5. The van der Waals surface area contributed by atoms with Crippen molar-refractivity contribution in [3.05, 3.63) is 0 Å². The summed E-state index contributed by atoms with van der Waals surface area (Å²) in [6, 6.07) is 0. The van der Waals surface area contributed by atoms with E-state index in [0.29, 0.717) is 0 Å². The second kappa shape index (κ2) is 9.20. The van der Waals surface area contributed by atoms with Gasteiger partial charge in [-0.05, 0) is 0 Å². The monoisotopic (exact) mass is 364 g/mol. The van der Waals surface area contributed by atoms with Gasteiger partial charge in [0.15, 0.2) is 12.6 Å². The van der Waals surface area contributed by atoms with E-state index in [9.17, 15) is 30.6 Å². The molecule has 0 radical (unpaired) electrons. The second-order valence-electron chi connectivity index (χ2n) is 5.97. The van der Waals surface area contributed by atoms with E-state index in [2.05, 4.69) is 5.92 Å². The summed E-state index contributed by atoms with van der Waals surface area (Å²) in [5, 5.41) is 59.1. The number of aliphatic hydroxyl groups excluding tert-OH is 6. The van der Waals surface area contributed by atoms with Crippen LogP contribution in [-0.2, 0) is 18.9 Å². The van der Waals surface area contributed by atoms with Gasteiger partial charge in [0.2, 0.25) is 0 Å². The SMILES string of the molecule is C#CCO[C@@H]1OC(CO)[C@@H](O[C@@H]2OCC(O)C[C@H](O)C(O)C2O)C1O. The summed E-state index contributed by atoms with van der Waals surface area (Å²) in [6.07, 6.45) is -6.99. The molecular formula is C15H24O10. The summed E-state index contributed by atoms with van der Waals surface area (Å²) < 4.78 is 21.1. The molecule has 0 bridgehead atoms. The lowest BCUT2D eigenvalue weighted by Gasteiger charge is -2.35. The quantitative estimate of drug-likeness (QED) is 0.268. The van der Waals surface area contributed by atoms with E-state index in [1.807, 2.05) is 0 Å². The fourth-order valence-electron chi connectivity index (χ4n) is 2.74. The van der Waals surface area contributed by atoms with Gasteiger partial charge in [0.25, 0.3) is 0 Å². The molecule has 2 heterocycles. The van der Waals surface area contributed by atoms with Gasteiger partial charge in [0.05, 0.1) is 25.4 Å². The van der Waals surface area contributed by atoms with Crippen molar-refractivity contribution in [1.29, 1.82) is 0 Å². The first-order valence-corrected chi connectivity index (χ1v) is 7.87. The van der Waals surface area contributed by atoms with Crippen LogP contribution in [0.2, 0.25) is 0 Å². The summed E-state index contributed by atoms with van der Waals surface area (Å²) in [7, 11) is 0. The van der Waals surface area contributed by atoms with E-state index in [1.165, 1.54) is 0 Å². The Hall–Kier alpha value is -0.840. The normalized spacial score (nSPS) is 45.6. The lowest BCUT2D eigenvalue weighted by molar-refractivity contribution is -0.271. The second-order valence-corrected chi connectivity index (χ2v) is 5.97. The van der Waals surface area contributed by atoms with Crippen LogP contribution < -0.4 is 0 Å². The zero-order valence-electron chi connectivity index (χ0n) is 13.4. The highest BCUT2D eigenvalue weighted by atomic mass is 16.7. The third kappa shape index (κ3) is 4.87. The molecule has 10 heteroatoms. The first-order valence-electron chi connectivity index (χ1n) is 7.87. The number of ether oxygens (including phenoxy) is 4. The Labute approximate surface area is 144 Å². The van der Waals surface area contributed by atoms with Crippen LogP contribution in [0.25, 0.3) is 0 Å². The van der Waals surface area contributed by atoms with Gasteiger partial charge in [-0.3, -0.25) is 0 Å². The van der Waals surface area contributed by atoms with E-state index >= 15 is 0 Å². The number of hydrogen-bond acceptors (Lipinski definition) is 10. The van der Waals surface area contributed by atoms with Gasteiger partial charge >= 0.3 is 0 Å². The zero-order valence-corrected chi connectivity index (χ0v) is 13.4. The fourth-order valence-corrected chi connectivity index (χ4v) is 2.74. The molecule has 25 heavy (non-hydrogen) atoms. The van der Waals surface area contributed by atoms with Gasteiger partial charge in [-0.25, -0.2) is 0 Å². The minimum atomic E-state index is -1.65. The molecule has 2 aliphatic rings. The van der Waals surface area contributed by atoms with Crippen LogP contribution >= 0.6 is 0 Å². The van der Waals surface area contributed by atoms with Crippen LogP contribution in [0.5, 0.6) is 0 Å². The standard InChI is InChI=1S/C15H24O10/c1-2-3-22-15-12(21)13(9(5-16)24-15)25-14-11(20)10(19)8(18)4-7(17)6-23-14/h1,7-21H,3-6H2/t7?,8-,9?,10?,11?,12?,13+,14-,15+/m0/s1. The molecule has 0 aromatic rings. The molecule has 0 saturated carbocycles. The van der Waals surface area contributed by atoms with Gasteiger partial charge in [-0.2, -0.15) is 0 Å². The van der Waals surface area contributed by atoms with Gasteiger partial charge in [-0.15, -0.1) is 6.42 Å². The van der Waals surface area contributed by atoms with Crippen LogP contribution in [0.15, 0.2) is 0 Å². The third-order valence-electron chi connectivity index (χ3n) is 4.08. The molecule has 2 fully saturated rings. The summed E-state index contributed by atoms with van der Waals surface area (Å²) in [5.74, 6) is 2.21. The van der Waals surface area contributed by atoms with Crippen LogP contribution in [0.4, 0.5) is 0 Å². The molecule has 2 saturated heterocycles. The molecule has 0 amide bonds. The maximum absolute atomic E-state index is 10.2. The van der Waals surface area contributed by atoms with Crippen molar-refractivity contribution < 1.29 is 49.6 Å². The first kappa shape index (κ1) is 20.5. The average molecular weight is 364 g/mol. The Bertz CT molecular complexity index is 454. The predicted molar refractivity (Wildman–Crippen MR) is 79.8 cm³/mol. The molecule has 10 nitrogen and oxygen atoms in total. The van der Waals surface area contributed by atoms with Crippen molar-refractivity contribution in [2.75, 3.05) is 19.8 Å². The molecule has 0 aliphatic carbocycles. The van der Waals surface area contributed by atoms with Crippen LogP contribution in [0, 0.1) is 12.3 Å². The van der Waals surface area contributed by atoms with Gasteiger partial charge in [-0.1, -0.05) is 5.92 Å². The highest BCUT2D eigenvalue weighted by molar-refractivity contribution is 4.92. The molecule has 0 spiro atoms. The Morgan fingerprint density at radius 1 is 1.04 bits per heavy atom. The average Bonchev–Trinajstić information content (AvgIpc) is 2.89. The number of aliphatic hydroxyl groups is 6. The molecule has 5 unspecified atom stereocenters. The Kier molecular flexibility index (Phi) is 7.53. The van der Waals surface area contributed by atoms with E-state index in [4.69, 9.17) is 25.4 Å². The molecule has 9 atom stereocenters. The fraction of sp³-hybridized carbons (Fsp3) is 0.867. The molecular weight excluding hydrogens is 340 g/mol. The lowest BCUT2D eigenvalue weighted by Crippen LogP contribution is -2.53. The number of terminal acetylenes is 1. The van der Waals surface area contributed by atoms with Crippen molar-refractivity contribution in [2.45, 2.75) is 61.7 Å². The molecule has 0 aromatic heterocycles. The molecule has 144 valence electrons. The first-order chi connectivity index (χ1) is 11.9. The molecule has 0 aromatic carbocycles. The number of hydrogen-bond donors (Lipinski definition) is 6. The molecule has 6 N–H and O–H groups in total. The molecule has 2 aliphatic heterocycles. The van der Waals surface area contributed by atoms with Gasteiger partial charge in [0.1, 0.15) is 37.1 Å². The maximum atomic E-state index is 10.2. The van der Waals surface area contributed by atoms with E-state index in [1.54, 1.807) is 0 Å².